The third-order valence-corrected chi connectivity index (χ3v) is 10.6. The maximum atomic E-state index is 13.5. The fourth-order valence-electron chi connectivity index (χ4n) is 8.13. The van der Waals surface area contributed by atoms with E-state index >= 15 is 0 Å². The number of hydrogen-bond acceptors (Lipinski definition) is 5. The largest absolute Gasteiger partial charge is 0.416 e. The lowest BCUT2D eigenvalue weighted by atomic mass is 9.88. The van der Waals surface area contributed by atoms with Crippen LogP contribution in [0.15, 0.2) is 101 Å². The van der Waals surface area contributed by atoms with Gasteiger partial charge in [0.2, 0.25) is 0 Å². The molecule has 52 heavy (non-hydrogen) atoms. The van der Waals surface area contributed by atoms with Crippen LogP contribution in [0, 0.1) is 0 Å². The van der Waals surface area contributed by atoms with E-state index in [-0.39, 0.29) is 35.1 Å². The van der Waals surface area contributed by atoms with Crippen molar-refractivity contribution in [1.29, 1.82) is 0 Å². The molecule has 8 rings (SSSR count). The van der Waals surface area contributed by atoms with Crippen molar-refractivity contribution in [1.82, 2.24) is 4.90 Å². The lowest BCUT2D eigenvalue weighted by molar-refractivity contribution is -0.143. The molecule has 2 atom stereocenters. The topological polar surface area (TPSA) is 61.4 Å². The molecule has 0 radical (unpaired) electrons. The molecule has 6 aromatic carbocycles. The van der Waals surface area contributed by atoms with Crippen molar-refractivity contribution in [3.05, 3.63) is 139 Å². The molecule has 0 aromatic heterocycles. The molecular formula is C41H33F6N3O2. The SMILES string of the molecule is O=c1c(NCc2cc(C(F)(F)F)cc(C(F)(F)F)c2)c(NC2CCCCC2N2Cc3ccc4ccccc4c3-c3c(ccc4ccccc34)C2)c1=O. The highest BCUT2D eigenvalue weighted by atomic mass is 19.4. The lowest BCUT2D eigenvalue weighted by Crippen LogP contribution is -2.50. The van der Waals surface area contributed by atoms with Crippen molar-refractivity contribution in [2.45, 2.75) is 69.8 Å². The molecule has 2 aliphatic rings. The molecule has 0 spiro atoms. The Morgan fingerprint density at radius 1 is 0.635 bits per heavy atom. The number of fused-ring (bicyclic) bond motifs is 7. The van der Waals surface area contributed by atoms with E-state index in [9.17, 15) is 35.9 Å². The van der Waals surface area contributed by atoms with Gasteiger partial charge in [-0.2, -0.15) is 26.3 Å². The first-order chi connectivity index (χ1) is 24.9. The minimum absolute atomic E-state index is 0.0116. The van der Waals surface area contributed by atoms with E-state index in [0.29, 0.717) is 31.6 Å². The number of benzene rings is 5. The van der Waals surface area contributed by atoms with Crippen molar-refractivity contribution in [3.8, 4) is 11.1 Å². The van der Waals surface area contributed by atoms with Crippen LogP contribution in [-0.4, -0.2) is 17.0 Å². The van der Waals surface area contributed by atoms with E-state index in [2.05, 4.69) is 76.2 Å². The molecule has 6 aromatic rings. The van der Waals surface area contributed by atoms with E-state index in [0.717, 1.165) is 30.0 Å². The third-order valence-electron chi connectivity index (χ3n) is 10.6. The zero-order valence-corrected chi connectivity index (χ0v) is 27.8. The second-order valence-electron chi connectivity index (χ2n) is 13.8. The Labute approximate surface area is 294 Å². The molecule has 1 aliphatic heterocycles. The van der Waals surface area contributed by atoms with Crippen molar-refractivity contribution < 1.29 is 26.3 Å². The summed E-state index contributed by atoms with van der Waals surface area (Å²) in [6.07, 6.45) is -6.64. The van der Waals surface area contributed by atoms with E-state index in [1.54, 1.807) is 0 Å². The second-order valence-corrected chi connectivity index (χ2v) is 13.8. The smallest absolute Gasteiger partial charge is 0.376 e. The van der Waals surface area contributed by atoms with Gasteiger partial charge in [-0.05, 0) is 80.4 Å². The molecule has 11 heteroatoms. The average molecular weight is 714 g/mol. The Balaban J connectivity index is 1.11. The molecule has 0 bridgehead atoms. The van der Waals surface area contributed by atoms with Crippen LogP contribution in [-0.2, 0) is 32.0 Å². The summed E-state index contributed by atoms with van der Waals surface area (Å²) in [4.78, 5) is 28.1. The number of nitrogens with one attached hydrogen (secondary N) is 2. The van der Waals surface area contributed by atoms with Gasteiger partial charge in [0.05, 0.1) is 11.1 Å². The van der Waals surface area contributed by atoms with Crippen LogP contribution in [0.2, 0.25) is 0 Å². The van der Waals surface area contributed by atoms with Crippen molar-refractivity contribution in [2.24, 2.45) is 0 Å². The summed E-state index contributed by atoms with van der Waals surface area (Å²) in [7, 11) is 0. The number of anilines is 2. The summed E-state index contributed by atoms with van der Waals surface area (Å²) >= 11 is 0. The lowest BCUT2D eigenvalue weighted by Gasteiger charge is -2.41. The summed E-state index contributed by atoms with van der Waals surface area (Å²) in [5.41, 5.74) is -0.229. The van der Waals surface area contributed by atoms with Gasteiger partial charge in [-0.15, -0.1) is 0 Å². The van der Waals surface area contributed by atoms with Crippen LogP contribution in [0.4, 0.5) is 37.7 Å². The monoisotopic (exact) mass is 713 g/mol. The van der Waals surface area contributed by atoms with Crippen LogP contribution in [0.1, 0.15) is 53.5 Å². The van der Waals surface area contributed by atoms with E-state index in [1.807, 2.05) is 12.1 Å². The van der Waals surface area contributed by atoms with Crippen LogP contribution in [0.3, 0.4) is 0 Å². The van der Waals surface area contributed by atoms with Crippen LogP contribution in [0.25, 0.3) is 32.7 Å². The fraction of sp³-hybridized carbons (Fsp3) is 0.268. The highest BCUT2D eigenvalue weighted by Crippen LogP contribution is 2.44. The number of nitrogens with zero attached hydrogens (tertiary/aromatic N) is 1. The molecular weight excluding hydrogens is 680 g/mol. The van der Waals surface area contributed by atoms with Gasteiger partial charge in [-0.25, -0.2) is 0 Å². The Morgan fingerprint density at radius 2 is 1.15 bits per heavy atom. The van der Waals surface area contributed by atoms with Gasteiger partial charge >= 0.3 is 12.4 Å². The second kappa shape index (κ2) is 12.8. The van der Waals surface area contributed by atoms with Crippen molar-refractivity contribution in [2.75, 3.05) is 10.6 Å². The Morgan fingerprint density at radius 3 is 1.71 bits per heavy atom. The van der Waals surface area contributed by atoms with Gasteiger partial charge in [0, 0.05) is 31.7 Å². The minimum atomic E-state index is -5.01. The summed E-state index contributed by atoms with van der Waals surface area (Å²) in [5, 5.41) is 10.6. The van der Waals surface area contributed by atoms with E-state index < -0.39 is 40.9 Å². The zero-order valence-electron chi connectivity index (χ0n) is 27.8. The Hall–Kier alpha value is -5.16. The number of hydrogen-bond donors (Lipinski definition) is 2. The average Bonchev–Trinajstić information content (AvgIpc) is 3.31. The maximum Gasteiger partial charge on any atom is 0.416 e. The van der Waals surface area contributed by atoms with E-state index in [4.69, 9.17) is 0 Å². The molecule has 2 N–H and O–H groups in total. The summed E-state index contributed by atoms with van der Waals surface area (Å²) in [6.45, 7) is 0.766. The minimum Gasteiger partial charge on any atom is -0.376 e. The highest BCUT2D eigenvalue weighted by molar-refractivity contribution is 6.08. The van der Waals surface area contributed by atoms with Crippen LogP contribution in [0.5, 0.6) is 0 Å². The molecule has 1 heterocycles. The molecule has 5 nitrogen and oxygen atoms in total. The van der Waals surface area contributed by atoms with Crippen LogP contribution < -0.4 is 21.5 Å². The van der Waals surface area contributed by atoms with Gasteiger partial charge < -0.3 is 10.6 Å². The van der Waals surface area contributed by atoms with E-state index in [1.165, 1.54) is 33.0 Å². The highest BCUT2D eigenvalue weighted by Gasteiger charge is 2.38. The molecule has 1 fully saturated rings. The molecule has 266 valence electrons. The summed E-state index contributed by atoms with van der Waals surface area (Å²) < 4.78 is 80.7. The predicted molar refractivity (Wildman–Crippen MR) is 191 cm³/mol. The van der Waals surface area contributed by atoms with Gasteiger partial charge in [-0.1, -0.05) is 85.6 Å². The van der Waals surface area contributed by atoms with Gasteiger partial charge in [-0.3, -0.25) is 14.5 Å². The van der Waals surface area contributed by atoms with Crippen molar-refractivity contribution >= 4 is 32.9 Å². The van der Waals surface area contributed by atoms with Gasteiger partial charge in [0.1, 0.15) is 11.4 Å². The standard InChI is InChI=1S/C41H33F6N3O2/c42-40(43,44)28-17-23(18-29(19-28)41(45,46)47)20-48-36-37(39(52)38(36)51)49-32-11-5-6-12-33(32)50-21-26-15-13-24-7-1-3-9-30(24)34(26)35-27(22-50)16-14-25-8-2-4-10-31(25)35/h1-4,7-10,13-19,32-33,48-49H,5-6,11-12,20-22H2. The normalized spacial score (nSPS) is 18.3. The quantitative estimate of drug-likeness (QED) is 0.133. The molecule has 0 saturated heterocycles. The Bertz CT molecular complexity index is 2290. The Kier molecular flexibility index (Phi) is 8.36. The predicted octanol–water partition coefficient (Wildman–Crippen LogP) is 9.64. The summed E-state index contributed by atoms with van der Waals surface area (Å²) in [5.74, 6) is 0. The first-order valence-electron chi connectivity index (χ1n) is 17.2. The molecule has 1 saturated carbocycles. The molecule has 0 amide bonds. The summed E-state index contributed by atoms with van der Waals surface area (Å²) in [6, 6.07) is 26.4. The number of rotatable bonds is 6. The first kappa shape index (κ1) is 34.0. The molecule has 1 aliphatic carbocycles. The fourth-order valence-corrected chi connectivity index (χ4v) is 8.13. The van der Waals surface area contributed by atoms with Crippen molar-refractivity contribution in [3.63, 3.8) is 0 Å². The number of halogens is 6. The first-order valence-corrected chi connectivity index (χ1v) is 17.2. The third kappa shape index (κ3) is 6.10. The van der Waals surface area contributed by atoms with Crippen LogP contribution >= 0.6 is 0 Å². The number of alkyl halides is 6. The molecule has 2 unspecified atom stereocenters. The zero-order chi connectivity index (χ0) is 36.4. The maximum absolute atomic E-state index is 13.5. The van der Waals surface area contributed by atoms with Gasteiger partial charge in [0.15, 0.2) is 0 Å². The van der Waals surface area contributed by atoms with Gasteiger partial charge in [0.25, 0.3) is 10.9 Å².